The van der Waals surface area contributed by atoms with Gasteiger partial charge in [0.15, 0.2) is 5.69 Å². The molecule has 1 aromatic heterocycles. The maximum absolute atomic E-state index is 14.3. The number of amides is 1. The molecule has 32 heavy (non-hydrogen) atoms. The van der Waals surface area contributed by atoms with Crippen LogP contribution >= 0.6 is 0 Å². The number of aromatic nitrogens is 2. The molecule has 0 bridgehead atoms. The summed E-state index contributed by atoms with van der Waals surface area (Å²) in [4.78, 5) is 29.4. The van der Waals surface area contributed by atoms with Gasteiger partial charge in [0.1, 0.15) is 11.5 Å². The van der Waals surface area contributed by atoms with E-state index in [1.54, 1.807) is 42.2 Å². The average molecular weight is 431 g/mol. The number of carbonyl (C=O) groups excluding carboxylic acids is 1. The van der Waals surface area contributed by atoms with Crippen LogP contribution in [-0.4, -0.2) is 51.7 Å². The Hall–Kier alpha value is -3.83. The quantitative estimate of drug-likeness (QED) is 0.634. The maximum Gasteiger partial charge on any atom is 0.278 e. The van der Waals surface area contributed by atoms with Crippen molar-refractivity contribution in [2.24, 2.45) is 0 Å². The lowest BCUT2D eigenvalue weighted by molar-refractivity contribution is 0.0619. The summed E-state index contributed by atoms with van der Waals surface area (Å²) < 4.78 is 15.5. The maximum atomic E-state index is 14.3. The Balaban J connectivity index is 1.47. The number of nitrogens with zero attached hydrogens (tertiary/aromatic N) is 5. The summed E-state index contributed by atoms with van der Waals surface area (Å²) in [5, 5.41) is 13.1. The lowest BCUT2D eigenvalue weighted by atomic mass is 10.1. The van der Waals surface area contributed by atoms with Gasteiger partial charge in [0.2, 0.25) is 5.43 Å². The van der Waals surface area contributed by atoms with Crippen molar-refractivity contribution in [3.8, 4) is 11.8 Å². The summed E-state index contributed by atoms with van der Waals surface area (Å²) >= 11 is 0. The first-order valence-corrected chi connectivity index (χ1v) is 10.3. The van der Waals surface area contributed by atoms with Crippen LogP contribution in [0.3, 0.4) is 0 Å². The van der Waals surface area contributed by atoms with Crippen LogP contribution in [0.25, 0.3) is 5.69 Å². The minimum Gasteiger partial charge on any atom is -0.335 e. The van der Waals surface area contributed by atoms with Crippen LogP contribution in [0.1, 0.15) is 27.3 Å². The van der Waals surface area contributed by atoms with E-state index in [0.717, 1.165) is 12.1 Å². The molecule has 0 atom stereocenters. The Kier molecular flexibility index (Phi) is 6.10. The van der Waals surface area contributed by atoms with Gasteiger partial charge in [0.05, 0.1) is 11.6 Å². The van der Waals surface area contributed by atoms with E-state index in [1.807, 2.05) is 12.1 Å². The van der Waals surface area contributed by atoms with Crippen molar-refractivity contribution in [1.82, 2.24) is 19.6 Å². The second-order valence-corrected chi connectivity index (χ2v) is 7.74. The fraction of sp³-hybridized carbons (Fsp3) is 0.250. The zero-order valence-electron chi connectivity index (χ0n) is 17.7. The van der Waals surface area contributed by atoms with Crippen molar-refractivity contribution in [2.75, 3.05) is 26.2 Å². The van der Waals surface area contributed by atoms with Crippen molar-refractivity contribution >= 4 is 5.91 Å². The monoisotopic (exact) mass is 431 g/mol. The van der Waals surface area contributed by atoms with Gasteiger partial charge >= 0.3 is 0 Å². The number of piperazine rings is 1. The highest BCUT2D eigenvalue weighted by atomic mass is 19.1. The van der Waals surface area contributed by atoms with E-state index in [9.17, 15) is 14.0 Å². The highest BCUT2D eigenvalue weighted by molar-refractivity contribution is 5.92. The van der Waals surface area contributed by atoms with Crippen molar-refractivity contribution in [1.29, 1.82) is 5.26 Å². The van der Waals surface area contributed by atoms with Crippen LogP contribution < -0.4 is 5.43 Å². The molecule has 2 heterocycles. The Morgan fingerprint density at radius 1 is 1.09 bits per heavy atom. The molecule has 1 fully saturated rings. The zero-order chi connectivity index (χ0) is 22.7. The molecule has 1 saturated heterocycles. The predicted octanol–water partition coefficient (Wildman–Crippen LogP) is 2.51. The molecule has 1 aliphatic heterocycles. The summed E-state index contributed by atoms with van der Waals surface area (Å²) in [6, 6.07) is 17.0. The molecular weight excluding hydrogens is 409 g/mol. The Labute approximate surface area is 184 Å². The van der Waals surface area contributed by atoms with E-state index in [-0.39, 0.29) is 11.4 Å². The molecule has 0 saturated carbocycles. The van der Waals surface area contributed by atoms with Crippen LogP contribution in [0, 0.1) is 24.1 Å². The molecular formula is C24H22FN5O2. The fourth-order valence-corrected chi connectivity index (χ4v) is 3.76. The van der Waals surface area contributed by atoms with Crippen molar-refractivity contribution in [3.63, 3.8) is 0 Å². The lowest BCUT2D eigenvalue weighted by Gasteiger charge is -2.34. The minimum absolute atomic E-state index is 0.186. The smallest absolute Gasteiger partial charge is 0.278 e. The number of rotatable bonds is 4. The molecule has 2 aromatic carbocycles. The molecule has 0 aliphatic carbocycles. The molecule has 0 unspecified atom stereocenters. The third kappa shape index (κ3) is 4.43. The van der Waals surface area contributed by atoms with Crippen LogP contribution in [0.2, 0.25) is 0 Å². The van der Waals surface area contributed by atoms with E-state index < -0.39 is 17.2 Å². The van der Waals surface area contributed by atoms with E-state index >= 15 is 0 Å². The van der Waals surface area contributed by atoms with Crippen molar-refractivity contribution in [2.45, 2.75) is 13.5 Å². The average Bonchev–Trinajstić information content (AvgIpc) is 2.80. The molecule has 7 nitrogen and oxygen atoms in total. The lowest BCUT2D eigenvalue weighted by Crippen LogP contribution is -2.49. The summed E-state index contributed by atoms with van der Waals surface area (Å²) in [5.74, 6) is -0.931. The summed E-state index contributed by atoms with van der Waals surface area (Å²) in [7, 11) is 0. The summed E-state index contributed by atoms with van der Waals surface area (Å²) in [6.07, 6.45) is 0. The molecule has 0 N–H and O–H groups in total. The highest BCUT2D eigenvalue weighted by Crippen LogP contribution is 2.15. The van der Waals surface area contributed by atoms with Gasteiger partial charge in [-0.1, -0.05) is 24.3 Å². The molecule has 8 heteroatoms. The van der Waals surface area contributed by atoms with E-state index in [4.69, 9.17) is 5.26 Å². The van der Waals surface area contributed by atoms with Crippen LogP contribution in [0.15, 0.2) is 59.4 Å². The number of hydrogen-bond donors (Lipinski definition) is 0. The topological polar surface area (TPSA) is 82.2 Å². The number of aryl methyl sites for hydroxylation is 1. The van der Waals surface area contributed by atoms with E-state index in [1.165, 1.54) is 16.8 Å². The van der Waals surface area contributed by atoms with Gasteiger partial charge in [-0.3, -0.25) is 14.5 Å². The normalized spacial score (nSPS) is 14.2. The number of carbonyl (C=O) groups is 1. The Morgan fingerprint density at radius 2 is 1.78 bits per heavy atom. The first kappa shape index (κ1) is 21.4. The summed E-state index contributed by atoms with van der Waals surface area (Å²) in [6.45, 7) is 4.60. The molecule has 0 radical (unpaired) electrons. The van der Waals surface area contributed by atoms with Gasteiger partial charge in [-0.2, -0.15) is 10.4 Å². The second-order valence-electron chi connectivity index (χ2n) is 7.74. The van der Waals surface area contributed by atoms with Gasteiger partial charge < -0.3 is 4.90 Å². The summed E-state index contributed by atoms with van der Waals surface area (Å²) in [5.41, 5.74) is 1.67. The molecule has 3 aromatic rings. The highest BCUT2D eigenvalue weighted by Gasteiger charge is 2.26. The van der Waals surface area contributed by atoms with Crippen molar-refractivity contribution < 1.29 is 9.18 Å². The molecule has 4 rings (SSSR count). The molecule has 1 amide bonds. The molecule has 1 aliphatic rings. The van der Waals surface area contributed by atoms with Gasteiger partial charge in [0, 0.05) is 44.5 Å². The fourth-order valence-electron chi connectivity index (χ4n) is 3.76. The van der Waals surface area contributed by atoms with Gasteiger partial charge in [-0.05, 0) is 36.8 Å². The first-order valence-electron chi connectivity index (χ1n) is 10.3. The van der Waals surface area contributed by atoms with Gasteiger partial charge in [-0.25, -0.2) is 9.07 Å². The van der Waals surface area contributed by atoms with E-state index in [0.29, 0.717) is 37.4 Å². The van der Waals surface area contributed by atoms with Gasteiger partial charge in [0.25, 0.3) is 5.91 Å². The second kappa shape index (κ2) is 9.12. The minimum atomic E-state index is -0.485. The number of nitriles is 1. The van der Waals surface area contributed by atoms with Crippen LogP contribution in [0.4, 0.5) is 4.39 Å². The SMILES string of the molecule is Cc1cc(=O)c(C(=O)N2CCN(Cc3ccc(C#N)cc3)CC2)nn1-c1ccccc1F. The molecule has 162 valence electrons. The third-order valence-electron chi connectivity index (χ3n) is 5.54. The zero-order valence-corrected chi connectivity index (χ0v) is 17.7. The Bertz CT molecular complexity index is 1240. The third-order valence-corrected chi connectivity index (χ3v) is 5.54. The first-order chi connectivity index (χ1) is 15.5. The number of benzene rings is 2. The standard InChI is InChI=1S/C24H22FN5O2/c1-17-14-22(31)23(27-30(17)21-5-3-2-4-20(21)25)24(32)29-12-10-28(11-13-29)16-19-8-6-18(15-26)7-9-19/h2-9,14H,10-13,16H2,1H3. The Morgan fingerprint density at radius 3 is 2.44 bits per heavy atom. The van der Waals surface area contributed by atoms with Gasteiger partial charge in [-0.15, -0.1) is 0 Å². The van der Waals surface area contributed by atoms with Crippen molar-refractivity contribution in [3.05, 3.63) is 93.2 Å². The largest absolute Gasteiger partial charge is 0.335 e. The molecule has 0 spiro atoms. The number of halogens is 1. The van der Waals surface area contributed by atoms with Crippen LogP contribution in [0.5, 0.6) is 0 Å². The van der Waals surface area contributed by atoms with E-state index in [2.05, 4.69) is 16.1 Å². The number of para-hydroxylation sites is 1. The number of hydrogen-bond acceptors (Lipinski definition) is 5. The predicted molar refractivity (Wildman–Crippen MR) is 117 cm³/mol. The van der Waals surface area contributed by atoms with Crippen LogP contribution in [-0.2, 0) is 6.54 Å².